The lowest BCUT2D eigenvalue weighted by Gasteiger charge is -2.26. The van der Waals surface area contributed by atoms with Gasteiger partial charge in [-0.15, -0.1) is 0 Å². The van der Waals surface area contributed by atoms with Crippen molar-refractivity contribution in [2.24, 2.45) is 0 Å². The predicted octanol–water partition coefficient (Wildman–Crippen LogP) is 16.4. The van der Waals surface area contributed by atoms with Gasteiger partial charge in [0.05, 0.1) is 39.9 Å². The van der Waals surface area contributed by atoms with Crippen LogP contribution < -0.4 is 5.32 Å². The second-order valence-corrected chi connectivity index (χ2v) is 21.4. The van der Waals surface area contributed by atoms with Crippen molar-refractivity contribution in [2.45, 2.75) is 264 Å². The number of aliphatic hydroxyl groups is 1. The fourth-order valence-corrected chi connectivity index (χ4v) is 8.77. The molecular formula is C56H108N2O6P+. The van der Waals surface area contributed by atoms with E-state index in [9.17, 15) is 19.4 Å². The molecule has 0 aromatic carbocycles. The van der Waals surface area contributed by atoms with E-state index in [-0.39, 0.29) is 19.1 Å². The Morgan fingerprint density at radius 1 is 0.538 bits per heavy atom. The van der Waals surface area contributed by atoms with Gasteiger partial charge in [-0.25, -0.2) is 4.57 Å². The normalized spacial score (nSPS) is 14.4. The number of carbonyl (C=O) groups is 1. The molecule has 0 fully saturated rings. The summed E-state index contributed by atoms with van der Waals surface area (Å²) in [4.78, 5) is 23.3. The van der Waals surface area contributed by atoms with E-state index in [0.717, 1.165) is 77.0 Å². The third-order valence-electron chi connectivity index (χ3n) is 12.3. The van der Waals surface area contributed by atoms with E-state index in [4.69, 9.17) is 9.05 Å². The zero-order valence-corrected chi connectivity index (χ0v) is 44.4. The van der Waals surface area contributed by atoms with Crippen molar-refractivity contribution in [1.29, 1.82) is 0 Å². The fraction of sp³-hybridized carbons (Fsp3) is 0.839. The number of unbranched alkanes of at least 4 members (excludes halogenated alkanes) is 29. The molecule has 0 radical (unpaired) electrons. The zero-order valence-electron chi connectivity index (χ0n) is 43.5. The molecule has 0 bridgehead atoms. The second kappa shape index (κ2) is 47.5. The Kier molecular flexibility index (Phi) is 46.4. The molecule has 0 spiro atoms. The Morgan fingerprint density at radius 3 is 1.35 bits per heavy atom. The number of carbonyl (C=O) groups excluding carboxylic acids is 1. The van der Waals surface area contributed by atoms with Crippen molar-refractivity contribution in [3.05, 3.63) is 48.6 Å². The number of nitrogens with one attached hydrogen (secondary N) is 1. The third kappa shape index (κ3) is 50.2. The number of allylic oxidation sites excluding steroid dienone is 8. The Balaban J connectivity index is 4.19. The van der Waals surface area contributed by atoms with Crippen LogP contribution in [-0.2, 0) is 18.4 Å². The highest BCUT2D eigenvalue weighted by Crippen LogP contribution is 2.43. The monoisotopic (exact) mass is 936 g/mol. The topological polar surface area (TPSA) is 105 Å². The molecule has 0 aromatic rings. The first-order chi connectivity index (χ1) is 31.5. The van der Waals surface area contributed by atoms with Gasteiger partial charge in [0.2, 0.25) is 5.91 Å². The summed E-state index contributed by atoms with van der Waals surface area (Å²) in [5.74, 6) is -0.166. The molecule has 0 aromatic heterocycles. The van der Waals surface area contributed by atoms with E-state index >= 15 is 0 Å². The second-order valence-electron chi connectivity index (χ2n) is 19.9. The molecule has 0 rings (SSSR count). The number of likely N-dealkylation sites (N-methyl/N-ethyl adjacent to an activating group) is 1. The molecule has 3 unspecified atom stereocenters. The Labute approximate surface area is 403 Å². The first kappa shape index (κ1) is 63.5. The van der Waals surface area contributed by atoms with Crippen molar-refractivity contribution in [2.75, 3.05) is 40.9 Å². The van der Waals surface area contributed by atoms with E-state index < -0.39 is 20.0 Å². The number of phosphoric acid groups is 1. The van der Waals surface area contributed by atoms with Gasteiger partial charge in [0.15, 0.2) is 0 Å². The van der Waals surface area contributed by atoms with E-state index in [2.05, 4.69) is 67.8 Å². The minimum Gasteiger partial charge on any atom is -0.391 e. The Morgan fingerprint density at radius 2 is 0.923 bits per heavy atom. The van der Waals surface area contributed by atoms with Crippen molar-refractivity contribution in [3.63, 3.8) is 0 Å². The van der Waals surface area contributed by atoms with Gasteiger partial charge in [0, 0.05) is 6.42 Å². The standard InChI is InChI=1S/C56H107N2O6P/c1-6-8-10-12-14-16-18-20-22-24-25-26-27-28-29-30-31-32-34-35-37-39-41-43-45-47-49-55(59)54(53-64-65(61,62)63-52-51-58(3,4)5)57-56(60)50-48-46-44-42-40-38-36-33-23-21-19-17-15-13-11-9-7-2/h9,11,15,17,21,23,36,38,54-55,59H,6-8,10,12-14,16,18-20,22,24-35,37,39-53H2,1-5H3,(H-,57,60,61,62)/p+1/b11-9-,17-15-,23-21-,38-36-. The number of rotatable bonds is 50. The van der Waals surface area contributed by atoms with Crippen LogP contribution in [0.25, 0.3) is 0 Å². The largest absolute Gasteiger partial charge is 0.472 e. The van der Waals surface area contributed by atoms with Crippen LogP contribution >= 0.6 is 7.82 Å². The molecule has 3 N–H and O–H groups in total. The maximum atomic E-state index is 13.0. The summed E-state index contributed by atoms with van der Waals surface area (Å²) in [5.41, 5.74) is 0. The molecule has 0 saturated heterocycles. The van der Waals surface area contributed by atoms with Crippen LogP contribution in [0.5, 0.6) is 0 Å². The van der Waals surface area contributed by atoms with E-state index in [1.807, 2.05) is 21.1 Å². The zero-order chi connectivity index (χ0) is 47.8. The molecule has 0 saturated carbocycles. The maximum Gasteiger partial charge on any atom is 0.472 e. The van der Waals surface area contributed by atoms with Gasteiger partial charge >= 0.3 is 7.82 Å². The third-order valence-corrected chi connectivity index (χ3v) is 13.3. The number of quaternary nitrogens is 1. The number of hydrogen-bond acceptors (Lipinski definition) is 5. The SMILES string of the molecule is CC/C=C\C/C=C\C/C=C\C/C=C\CCCCCCC(=O)NC(COP(=O)(O)OCC[N+](C)(C)C)C(O)CCCCCCCCCCCCCCCCCCCCCCCCCCCC. The Bertz CT molecular complexity index is 1200. The molecule has 0 aliphatic rings. The molecule has 3 atom stereocenters. The first-order valence-electron chi connectivity index (χ1n) is 27.5. The number of nitrogens with zero attached hydrogens (tertiary/aromatic N) is 1. The van der Waals surface area contributed by atoms with Crippen molar-refractivity contribution in [3.8, 4) is 0 Å². The summed E-state index contributed by atoms with van der Waals surface area (Å²) >= 11 is 0. The molecule has 8 nitrogen and oxygen atoms in total. The van der Waals surface area contributed by atoms with Gasteiger partial charge in [0.25, 0.3) is 0 Å². The van der Waals surface area contributed by atoms with Crippen LogP contribution in [0.1, 0.15) is 251 Å². The molecule has 0 aliphatic heterocycles. The highest BCUT2D eigenvalue weighted by atomic mass is 31.2. The smallest absolute Gasteiger partial charge is 0.391 e. The van der Waals surface area contributed by atoms with Crippen LogP contribution in [0.3, 0.4) is 0 Å². The van der Waals surface area contributed by atoms with Crippen molar-refractivity contribution >= 4 is 13.7 Å². The molecule has 65 heavy (non-hydrogen) atoms. The molecule has 9 heteroatoms. The van der Waals surface area contributed by atoms with Gasteiger partial charge in [-0.3, -0.25) is 13.8 Å². The van der Waals surface area contributed by atoms with Crippen LogP contribution in [0.2, 0.25) is 0 Å². The van der Waals surface area contributed by atoms with Gasteiger partial charge in [-0.2, -0.15) is 0 Å². The average molecular weight is 936 g/mol. The van der Waals surface area contributed by atoms with E-state index in [1.165, 1.54) is 148 Å². The van der Waals surface area contributed by atoms with E-state index in [0.29, 0.717) is 23.9 Å². The molecule has 0 aliphatic carbocycles. The number of hydrogen-bond donors (Lipinski definition) is 3. The maximum absolute atomic E-state index is 13.0. The van der Waals surface area contributed by atoms with Gasteiger partial charge in [0.1, 0.15) is 13.2 Å². The number of amides is 1. The van der Waals surface area contributed by atoms with E-state index in [1.54, 1.807) is 0 Å². The minimum atomic E-state index is -4.33. The predicted molar refractivity (Wildman–Crippen MR) is 281 cm³/mol. The van der Waals surface area contributed by atoms with Crippen LogP contribution in [0.15, 0.2) is 48.6 Å². The average Bonchev–Trinajstić information content (AvgIpc) is 3.26. The summed E-state index contributed by atoms with van der Waals surface area (Å²) in [5, 5.41) is 14.0. The summed E-state index contributed by atoms with van der Waals surface area (Å²) in [6, 6.07) is -0.776. The lowest BCUT2D eigenvalue weighted by Crippen LogP contribution is -2.46. The van der Waals surface area contributed by atoms with Gasteiger partial charge in [-0.1, -0.05) is 242 Å². The summed E-state index contributed by atoms with van der Waals surface area (Å²) in [7, 11) is 1.60. The molecule has 382 valence electrons. The summed E-state index contributed by atoms with van der Waals surface area (Å²) in [6.45, 7) is 4.77. The summed E-state index contributed by atoms with van der Waals surface area (Å²) < 4.78 is 23.7. The molecule has 0 heterocycles. The van der Waals surface area contributed by atoms with Gasteiger partial charge < -0.3 is 19.8 Å². The van der Waals surface area contributed by atoms with Gasteiger partial charge in [-0.05, 0) is 51.4 Å². The van der Waals surface area contributed by atoms with Crippen LogP contribution in [0, 0.1) is 0 Å². The minimum absolute atomic E-state index is 0.0682. The quantitative estimate of drug-likeness (QED) is 0.0243. The van der Waals surface area contributed by atoms with Crippen molar-refractivity contribution < 1.29 is 32.9 Å². The highest BCUT2D eigenvalue weighted by molar-refractivity contribution is 7.47. The number of aliphatic hydroxyl groups excluding tert-OH is 1. The molecular weight excluding hydrogens is 828 g/mol. The highest BCUT2D eigenvalue weighted by Gasteiger charge is 2.28. The fourth-order valence-electron chi connectivity index (χ4n) is 8.04. The lowest BCUT2D eigenvalue weighted by molar-refractivity contribution is -0.870. The van der Waals surface area contributed by atoms with Crippen molar-refractivity contribution in [1.82, 2.24) is 5.32 Å². The van der Waals surface area contributed by atoms with Crippen LogP contribution in [-0.4, -0.2) is 73.4 Å². The number of phosphoric ester groups is 1. The Hall–Kier alpha value is -1.54. The summed E-state index contributed by atoms with van der Waals surface area (Å²) in [6.07, 6.45) is 61.7. The first-order valence-corrected chi connectivity index (χ1v) is 29.0. The van der Waals surface area contributed by atoms with Crippen LogP contribution in [0.4, 0.5) is 0 Å². The lowest BCUT2D eigenvalue weighted by atomic mass is 10.0. The molecule has 1 amide bonds.